The molecule has 1 aromatic carbocycles. The number of hydrogen-bond donors (Lipinski definition) is 0. The molecule has 2 heterocycles. The van der Waals surface area contributed by atoms with Crippen molar-refractivity contribution in [1.82, 2.24) is 34.1 Å². The van der Waals surface area contributed by atoms with Gasteiger partial charge in [-0.25, -0.2) is 18.6 Å². The summed E-state index contributed by atoms with van der Waals surface area (Å²) in [5, 5.41) is 7.92. The van der Waals surface area contributed by atoms with Crippen LogP contribution < -0.4 is 11.2 Å². The van der Waals surface area contributed by atoms with Crippen molar-refractivity contribution in [2.24, 2.45) is 7.05 Å². The molecule has 0 N–H and O–H groups in total. The maximum Gasteiger partial charge on any atom is 0.332 e. The normalized spacial score (nSPS) is 11.3. The zero-order valence-electron chi connectivity index (χ0n) is 17.5. The summed E-state index contributed by atoms with van der Waals surface area (Å²) in [6.45, 7) is 0.0334. The Kier molecular flexibility index (Phi) is 6.20. The SMILES string of the molecule is CN(C)CC(=O)N(C)Cc1nnc2c(n1)c(=O)n(C)c(=O)n2Cc1ccc(F)c(F)c1. The van der Waals surface area contributed by atoms with Crippen molar-refractivity contribution in [3.8, 4) is 0 Å². The average molecular weight is 433 g/mol. The molecule has 1 amide bonds. The van der Waals surface area contributed by atoms with Gasteiger partial charge in [-0.05, 0) is 31.8 Å². The smallest absolute Gasteiger partial charge is 0.332 e. The quantitative estimate of drug-likeness (QED) is 0.527. The van der Waals surface area contributed by atoms with E-state index in [4.69, 9.17) is 0 Å². The molecule has 0 saturated carbocycles. The molecule has 0 unspecified atom stereocenters. The van der Waals surface area contributed by atoms with Crippen molar-refractivity contribution >= 4 is 17.1 Å². The Labute approximate surface area is 175 Å². The van der Waals surface area contributed by atoms with Crippen LogP contribution in [0.2, 0.25) is 0 Å². The van der Waals surface area contributed by atoms with Crippen LogP contribution in [0.4, 0.5) is 8.78 Å². The largest absolute Gasteiger partial charge is 0.337 e. The molecule has 0 bridgehead atoms. The maximum absolute atomic E-state index is 13.6. The number of amides is 1. The summed E-state index contributed by atoms with van der Waals surface area (Å²) in [5.74, 6) is -2.13. The Balaban J connectivity index is 2.03. The van der Waals surface area contributed by atoms with Gasteiger partial charge in [0.1, 0.15) is 0 Å². The molecule has 0 atom stereocenters. The van der Waals surface area contributed by atoms with Gasteiger partial charge in [-0.15, -0.1) is 10.2 Å². The van der Waals surface area contributed by atoms with Crippen LogP contribution in [-0.4, -0.2) is 67.7 Å². The van der Waals surface area contributed by atoms with E-state index in [1.807, 2.05) is 0 Å². The maximum atomic E-state index is 13.6. The van der Waals surface area contributed by atoms with Gasteiger partial charge in [0, 0.05) is 14.1 Å². The molecule has 0 fully saturated rings. The van der Waals surface area contributed by atoms with Gasteiger partial charge < -0.3 is 9.80 Å². The van der Waals surface area contributed by atoms with Gasteiger partial charge in [-0.2, -0.15) is 0 Å². The number of rotatable bonds is 6. The molecule has 12 heteroatoms. The topological polar surface area (TPSA) is 106 Å². The summed E-state index contributed by atoms with van der Waals surface area (Å²) in [7, 11) is 6.37. The molecule has 3 rings (SSSR count). The molecular weight excluding hydrogens is 412 g/mol. The Bertz CT molecular complexity index is 1270. The standard InChI is InChI=1S/C19H21F2N7O3/c1-25(2)10-15(29)26(3)9-14-22-16-17(24-23-14)28(19(31)27(4)18(16)30)8-11-5-6-12(20)13(21)7-11/h5-7H,8-10H2,1-4H3. The fourth-order valence-corrected chi connectivity index (χ4v) is 2.92. The number of benzene rings is 1. The summed E-state index contributed by atoms with van der Waals surface area (Å²) in [6.07, 6.45) is 0. The minimum Gasteiger partial charge on any atom is -0.337 e. The van der Waals surface area contributed by atoms with Gasteiger partial charge in [0.15, 0.2) is 28.6 Å². The van der Waals surface area contributed by atoms with Crippen LogP contribution in [0.1, 0.15) is 11.4 Å². The lowest BCUT2D eigenvalue weighted by atomic mass is 10.2. The van der Waals surface area contributed by atoms with Crippen LogP contribution in [-0.2, 0) is 24.9 Å². The first-order chi connectivity index (χ1) is 14.6. The number of hydrogen-bond acceptors (Lipinski definition) is 7. The van der Waals surface area contributed by atoms with E-state index in [1.54, 1.807) is 26.0 Å². The fraction of sp³-hybridized carbons (Fsp3) is 0.368. The highest BCUT2D eigenvalue weighted by atomic mass is 19.2. The Morgan fingerprint density at radius 1 is 1.10 bits per heavy atom. The van der Waals surface area contributed by atoms with E-state index < -0.39 is 22.9 Å². The lowest BCUT2D eigenvalue weighted by Crippen LogP contribution is -2.40. The molecule has 10 nitrogen and oxygen atoms in total. The number of carbonyl (C=O) groups is 1. The lowest BCUT2D eigenvalue weighted by Gasteiger charge is -2.18. The highest BCUT2D eigenvalue weighted by Gasteiger charge is 2.18. The minimum atomic E-state index is -1.06. The molecule has 0 radical (unpaired) electrons. The van der Waals surface area contributed by atoms with Gasteiger partial charge >= 0.3 is 5.69 Å². The van der Waals surface area contributed by atoms with Crippen LogP contribution in [0.15, 0.2) is 27.8 Å². The molecule has 0 saturated heterocycles. The Morgan fingerprint density at radius 3 is 2.45 bits per heavy atom. The highest BCUT2D eigenvalue weighted by Crippen LogP contribution is 2.11. The third kappa shape index (κ3) is 4.63. The van der Waals surface area contributed by atoms with Crippen LogP contribution in [0.25, 0.3) is 11.2 Å². The molecule has 0 aliphatic rings. The molecule has 2 aromatic heterocycles. The first-order valence-electron chi connectivity index (χ1n) is 9.24. The van der Waals surface area contributed by atoms with Crippen molar-refractivity contribution in [3.05, 3.63) is 62.1 Å². The zero-order chi connectivity index (χ0) is 22.9. The van der Waals surface area contributed by atoms with E-state index in [0.29, 0.717) is 5.56 Å². The van der Waals surface area contributed by atoms with E-state index in [1.165, 1.54) is 18.0 Å². The van der Waals surface area contributed by atoms with Crippen LogP contribution >= 0.6 is 0 Å². The fourth-order valence-electron chi connectivity index (χ4n) is 2.92. The third-order valence-corrected chi connectivity index (χ3v) is 4.57. The molecule has 164 valence electrons. The van der Waals surface area contributed by atoms with E-state index in [-0.39, 0.29) is 42.5 Å². The van der Waals surface area contributed by atoms with E-state index in [0.717, 1.165) is 21.3 Å². The van der Waals surface area contributed by atoms with Gasteiger partial charge in [-0.1, -0.05) is 6.07 Å². The van der Waals surface area contributed by atoms with E-state index in [2.05, 4.69) is 15.2 Å². The number of carbonyl (C=O) groups excluding carboxylic acids is 1. The van der Waals surface area contributed by atoms with Crippen LogP contribution in [0.3, 0.4) is 0 Å². The summed E-state index contributed by atoms with van der Waals surface area (Å²) < 4.78 is 28.7. The summed E-state index contributed by atoms with van der Waals surface area (Å²) in [5.41, 5.74) is -1.31. The molecule has 0 aliphatic heterocycles. The van der Waals surface area contributed by atoms with Crippen molar-refractivity contribution in [1.29, 1.82) is 0 Å². The molecule has 0 spiro atoms. The highest BCUT2D eigenvalue weighted by molar-refractivity contribution is 5.77. The summed E-state index contributed by atoms with van der Waals surface area (Å²) in [4.78, 5) is 44.7. The second-order valence-electron chi connectivity index (χ2n) is 7.37. The monoisotopic (exact) mass is 433 g/mol. The van der Waals surface area contributed by atoms with E-state index >= 15 is 0 Å². The Morgan fingerprint density at radius 2 is 1.81 bits per heavy atom. The molecular formula is C19H21F2N7O3. The Hall–Kier alpha value is -3.54. The predicted octanol–water partition coefficient (Wildman–Crippen LogP) is -0.268. The average Bonchev–Trinajstić information content (AvgIpc) is 2.71. The number of likely N-dealkylation sites (N-methyl/N-ethyl adjacent to an activating group) is 2. The van der Waals surface area contributed by atoms with Crippen LogP contribution in [0.5, 0.6) is 0 Å². The van der Waals surface area contributed by atoms with Crippen molar-refractivity contribution < 1.29 is 13.6 Å². The number of aromatic nitrogens is 5. The number of nitrogens with zero attached hydrogens (tertiary/aromatic N) is 7. The van der Waals surface area contributed by atoms with Gasteiger partial charge in [-0.3, -0.25) is 18.7 Å². The predicted molar refractivity (Wildman–Crippen MR) is 107 cm³/mol. The first-order valence-corrected chi connectivity index (χ1v) is 9.24. The van der Waals surface area contributed by atoms with Crippen molar-refractivity contribution in [2.45, 2.75) is 13.1 Å². The zero-order valence-corrected chi connectivity index (χ0v) is 17.5. The van der Waals surface area contributed by atoms with Crippen LogP contribution in [0, 0.1) is 11.6 Å². The first kappa shape index (κ1) is 22.2. The summed E-state index contributed by atoms with van der Waals surface area (Å²) >= 11 is 0. The number of halogens is 2. The van der Waals surface area contributed by atoms with Crippen molar-refractivity contribution in [3.63, 3.8) is 0 Å². The number of fused-ring (bicyclic) bond motifs is 1. The lowest BCUT2D eigenvalue weighted by molar-refractivity contribution is -0.131. The third-order valence-electron chi connectivity index (χ3n) is 4.57. The minimum absolute atomic E-state index is 0.0149. The second kappa shape index (κ2) is 8.68. The second-order valence-corrected chi connectivity index (χ2v) is 7.37. The molecule has 3 aromatic rings. The van der Waals surface area contributed by atoms with Crippen molar-refractivity contribution in [2.75, 3.05) is 27.7 Å². The van der Waals surface area contributed by atoms with E-state index in [9.17, 15) is 23.2 Å². The molecule has 31 heavy (non-hydrogen) atoms. The van der Waals surface area contributed by atoms with Gasteiger partial charge in [0.2, 0.25) is 5.91 Å². The summed E-state index contributed by atoms with van der Waals surface area (Å²) in [6, 6.07) is 3.23. The van der Waals surface area contributed by atoms with Gasteiger partial charge in [0.05, 0.1) is 19.6 Å². The van der Waals surface area contributed by atoms with Gasteiger partial charge in [0.25, 0.3) is 5.56 Å². The molecule has 0 aliphatic carbocycles.